The minimum absolute atomic E-state index is 0.645. The van der Waals surface area contributed by atoms with Crippen LogP contribution in [0.1, 0.15) is 51.0 Å². The van der Waals surface area contributed by atoms with Crippen molar-refractivity contribution in [1.82, 2.24) is 14.9 Å². The van der Waals surface area contributed by atoms with E-state index in [-0.39, 0.29) is 0 Å². The fourth-order valence-electron chi connectivity index (χ4n) is 4.35. The lowest BCUT2D eigenvalue weighted by molar-refractivity contribution is 0.287. The molecule has 1 heterocycles. The lowest BCUT2D eigenvalue weighted by Gasteiger charge is -2.30. The fourth-order valence-corrected chi connectivity index (χ4v) is 4.35. The Kier molecular flexibility index (Phi) is 2.68. The monoisotopic (exact) mass is 245 g/mol. The van der Waals surface area contributed by atoms with Crippen LogP contribution in [0, 0.1) is 11.8 Å². The van der Waals surface area contributed by atoms with Gasteiger partial charge in [-0.1, -0.05) is 12.8 Å². The summed E-state index contributed by atoms with van der Waals surface area (Å²) in [5, 5.41) is 4.00. The summed E-state index contributed by atoms with van der Waals surface area (Å²) in [5.41, 5.74) is 0. The molecule has 3 aliphatic carbocycles. The Hall–Kier alpha value is -0.830. The molecule has 0 saturated heterocycles. The van der Waals surface area contributed by atoms with Crippen molar-refractivity contribution < 1.29 is 0 Å². The van der Waals surface area contributed by atoms with E-state index in [0.29, 0.717) is 12.1 Å². The third kappa shape index (κ3) is 1.89. The summed E-state index contributed by atoms with van der Waals surface area (Å²) in [6.07, 6.45) is 15.9. The van der Waals surface area contributed by atoms with E-state index < -0.39 is 0 Å². The van der Waals surface area contributed by atoms with Crippen molar-refractivity contribution in [3.8, 4) is 0 Å². The molecule has 0 bridgehead atoms. The first-order valence-electron chi connectivity index (χ1n) is 7.65. The van der Waals surface area contributed by atoms with Gasteiger partial charge in [-0.25, -0.2) is 4.98 Å². The lowest BCUT2D eigenvalue weighted by atomic mass is 9.94. The second-order valence-corrected chi connectivity index (χ2v) is 6.48. The number of hydrogen-bond donors (Lipinski definition) is 1. The predicted octanol–water partition coefficient (Wildman–Crippen LogP) is 2.75. The number of rotatable bonds is 3. The Balaban J connectivity index is 1.44. The molecule has 3 aliphatic rings. The molecule has 3 saturated carbocycles. The van der Waals surface area contributed by atoms with Gasteiger partial charge in [0, 0.05) is 30.5 Å². The molecule has 5 atom stereocenters. The van der Waals surface area contributed by atoms with E-state index >= 15 is 0 Å². The van der Waals surface area contributed by atoms with Crippen LogP contribution in [0.15, 0.2) is 18.7 Å². The molecular formula is C15H23N3. The number of nitrogens with zero attached hydrogens (tertiary/aromatic N) is 2. The highest BCUT2D eigenvalue weighted by Gasteiger charge is 2.46. The van der Waals surface area contributed by atoms with Gasteiger partial charge in [0.2, 0.25) is 0 Å². The standard InChI is InChI=1S/C15H23N3/c1-3-11-9-12(11)13(4-1)17-14-5-2-6-15(14)18-8-7-16-10-18/h7-8,10-15,17H,1-6,9H2. The molecule has 5 unspecified atom stereocenters. The highest BCUT2D eigenvalue weighted by Crippen LogP contribution is 2.50. The van der Waals surface area contributed by atoms with Gasteiger partial charge in [-0.05, 0) is 43.9 Å². The summed E-state index contributed by atoms with van der Waals surface area (Å²) >= 11 is 0. The Morgan fingerprint density at radius 1 is 1.06 bits per heavy atom. The van der Waals surface area contributed by atoms with Crippen LogP contribution in [0.5, 0.6) is 0 Å². The van der Waals surface area contributed by atoms with Crippen molar-refractivity contribution >= 4 is 0 Å². The van der Waals surface area contributed by atoms with Crippen molar-refractivity contribution in [2.75, 3.05) is 0 Å². The maximum atomic E-state index is 4.21. The third-order valence-electron chi connectivity index (χ3n) is 5.40. The second kappa shape index (κ2) is 4.37. The van der Waals surface area contributed by atoms with Crippen molar-refractivity contribution in [3.05, 3.63) is 18.7 Å². The molecule has 1 N–H and O–H groups in total. The minimum atomic E-state index is 0.645. The summed E-state index contributed by atoms with van der Waals surface area (Å²) in [4.78, 5) is 4.21. The van der Waals surface area contributed by atoms with Crippen molar-refractivity contribution in [1.29, 1.82) is 0 Å². The summed E-state index contributed by atoms with van der Waals surface area (Å²) in [6, 6.07) is 2.15. The smallest absolute Gasteiger partial charge is 0.0949 e. The SMILES string of the molecule is c1cn(C2CCCC2NC2CCCC3CC32)cn1. The van der Waals surface area contributed by atoms with Gasteiger partial charge < -0.3 is 9.88 Å². The molecule has 3 fully saturated rings. The second-order valence-electron chi connectivity index (χ2n) is 6.48. The average Bonchev–Trinajstić information content (AvgIpc) is 2.80. The number of imidazole rings is 1. The fraction of sp³-hybridized carbons (Fsp3) is 0.800. The van der Waals surface area contributed by atoms with E-state index in [1.165, 1.54) is 44.9 Å². The van der Waals surface area contributed by atoms with Gasteiger partial charge in [0.05, 0.1) is 6.33 Å². The maximum absolute atomic E-state index is 4.21. The average molecular weight is 245 g/mol. The van der Waals surface area contributed by atoms with E-state index in [1.54, 1.807) is 0 Å². The van der Waals surface area contributed by atoms with Gasteiger partial charge >= 0.3 is 0 Å². The molecule has 1 aromatic rings. The Bertz CT molecular complexity index is 400. The molecule has 1 aromatic heterocycles. The van der Waals surface area contributed by atoms with E-state index in [9.17, 15) is 0 Å². The molecule has 0 aromatic carbocycles. The number of hydrogen-bond acceptors (Lipinski definition) is 2. The van der Waals surface area contributed by atoms with Crippen LogP contribution in [0.4, 0.5) is 0 Å². The number of fused-ring (bicyclic) bond motifs is 1. The molecule has 0 aliphatic heterocycles. The molecule has 18 heavy (non-hydrogen) atoms. The molecule has 0 amide bonds. The summed E-state index contributed by atoms with van der Waals surface area (Å²) in [7, 11) is 0. The Morgan fingerprint density at radius 2 is 1.94 bits per heavy atom. The van der Waals surface area contributed by atoms with Crippen LogP contribution in [-0.2, 0) is 0 Å². The van der Waals surface area contributed by atoms with Crippen molar-refractivity contribution in [3.63, 3.8) is 0 Å². The first-order chi connectivity index (χ1) is 8.92. The molecular weight excluding hydrogens is 222 g/mol. The van der Waals surface area contributed by atoms with Gasteiger partial charge in [-0.2, -0.15) is 0 Å². The molecule has 3 heteroatoms. The van der Waals surface area contributed by atoms with Crippen LogP contribution in [0.25, 0.3) is 0 Å². The van der Waals surface area contributed by atoms with Crippen LogP contribution < -0.4 is 5.32 Å². The largest absolute Gasteiger partial charge is 0.333 e. The highest BCUT2D eigenvalue weighted by atomic mass is 15.1. The van der Waals surface area contributed by atoms with Crippen LogP contribution >= 0.6 is 0 Å². The highest BCUT2D eigenvalue weighted by molar-refractivity contribution is 5.01. The van der Waals surface area contributed by atoms with Gasteiger partial charge in [0.15, 0.2) is 0 Å². The van der Waals surface area contributed by atoms with E-state index in [2.05, 4.69) is 21.1 Å². The van der Waals surface area contributed by atoms with E-state index in [0.717, 1.165) is 17.9 Å². The zero-order valence-electron chi connectivity index (χ0n) is 11.0. The first-order valence-corrected chi connectivity index (χ1v) is 7.65. The van der Waals surface area contributed by atoms with E-state index in [4.69, 9.17) is 0 Å². The summed E-state index contributed by atoms with van der Waals surface area (Å²) in [6.45, 7) is 0. The van der Waals surface area contributed by atoms with Crippen LogP contribution in [0.2, 0.25) is 0 Å². The van der Waals surface area contributed by atoms with Crippen molar-refractivity contribution in [2.24, 2.45) is 11.8 Å². The predicted molar refractivity (Wildman–Crippen MR) is 71.3 cm³/mol. The minimum Gasteiger partial charge on any atom is -0.333 e. The van der Waals surface area contributed by atoms with Gasteiger partial charge in [0.25, 0.3) is 0 Å². The normalized spacial score (nSPS) is 42.8. The quantitative estimate of drug-likeness (QED) is 0.887. The third-order valence-corrected chi connectivity index (χ3v) is 5.40. The zero-order valence-corrected chi connectivity index (χ0v) is 11.0. The lowest BCUT2D eigenvalue weighted by Crippen LogP contribution is -2.43. The maximum Gasteiger partial charge on any atom is 0.0949 e. The molecule has 98 valence electrons. The molecule has 0 radical (unpaired) electrons. The van der Waals surface area contributed by atoms with Gasteiger partial charge in [0.1, 0.15) is 0 Å². The first kappa shape index (κ1) is 11.0. The van der Waals surface area contributed by atoms with Gasteiger partial charge in [-0.15, -0.1) is 0 Å². The topological polar surface area (TPSA) is 29.9 Å². The molecule has 4 rings (SSSR count). The summed E-state index contributed by atoms with van der Waals surface area (Å²) in [5.74, 6) is 2.09. The summed E-state index contributed by atoms with van der Waals surface area (Å²) < 4.78 is 2.32. The van der Waals surface area contributed by atoms with Crippen LogP contribution in [0.3, 0.4) is 0 Å². The van der Waals surface area contributed by atoms with E-state index in [1.807, 2.05) is 12.5 Å². The Labute approximate surface area is 109 Å². The van der Waals surface area contributed by atoms with Crippen molar-refractivity contribution in [2.45, 2.75) is 63.1 Å². The Morgan fingerprint density at radius 3 is 2.83 bits per heavy atom. The number of aromatic nitrogens is 2. The molecule has 0 spiro atoms. The zero-order chi connectivity index (χ0) is 11.9. The molecule has 3 nitrogen and oxygen atoms in total. The van der Waals surface area contributed by atoms with Crippen LogP contribution in [-0.4, -0.2) is 21.6 Å². The number of nitrogens with one attached hydrogen (secondary N) is 1. The van der Waals surface area contributed by atoms with Gasteiger partial charge in [-0.3, -0.25) is 0 Å².